The number of benzene rings is 2. The molecule has 1 radical (unpaired) electrons. The van der Waals surface area contributed by atoms with Crippen LogP contribution < -0.4 is 20.6 Å². The molecule has 2 amide bonds. The summed E-state index contributed by atoms with van der Waals surface area (Å²) < 4.78 is 9.73. The quantitative estimate of drug-likeness (QED) is 0.187. The molecule has 2 atom stereocenters. The summed E-state index contributed by atoms with van der Waals surface area (Å²) >= 11 is 0. The summed E-state index contributed by atoms with van der Waals surface area (Å²) in [5.41, 5.74) is 2.36. The van der Waals surface area contributed by atoms with Crippen LogP contribution in [0.15, 0.2) is 73.6 Å². The van der Waals surface area contributed by atoms with Gasteiger partial charge >= 0.3 is 29.0 Å². The van der Waals surface area contributed by atoms with Gasteiger partial charge < -0.3 is 40.0 Å². The third kappa shape index (κ3) is 7.68. The topological polar surface area (TPSA) is 165 Å². The molecule has 2 heterocycles. The van der Waals surface area contributed by atoms with E-state index in [1.807, 2.05) is 0 Å². The molecule has 2 aromatic carbocycles. The van der Waals surface area contributed by atoms with Crippen LogP contribution in [0.1, 0.15) is 32.1 Å². The first-order valence-corrected chi connectivity index (χ1v) is 12.2. The second kappa shape index (κ2) is 14.6. The van der Waals surface area contributed by atoms with Gasteiger partial charge in [0.15, 0.2) is 0 Å². The summed E-state index contributed by atoms with van der Waals surface area (Å²) in [6.45, 7) is 0. The van der Waals surface area contributed by atoms with E-state index in [1.54, 1.807) is 48.5 Å². The molecule has 0 unspecified atom stereocenters. The Balaban J connectivity index is 0.00000462. The molecule has 13 heteroatoms. The van der Waals surface area contributed by atoms with Crippen LogP contribution >= 0.6 is 0 Å². The summed E-state index contributed by atoms with van der Waals surface area (Å²) in [6.07, 6.45) is 5.86. The van der Waals surface area contributed by atoms with E-state index in [0.29, 0.717) is 22.5 Å². The summed E-state index contributed by atoms with van der Waals surface area (Å²) in [4.78, 5) is 67.6. The number of nitrogens with one attached hydrogen (secondary N) is 2. The van der Waals surface area contributed by atoms with E-state index in [4.69, 9.17) is 9.47 Å². The Hall–Kier alpha value is -4.74. The maximum absolute atomic E-state index is 13.4. The number of aromatic nitrogens is 4. The number of carbonyl (C=O) groups excluding carboxylic acids is 4. The Bertz CT molecular complexity index is 1360. The van der Waals surface area contributed by atoms with Gasteiger partial charge in [0.05, 0.1) is 14.2 Å². The predicted molar refractivity (Wildman–Crippen MR) is 141 cm³/mol. The Labute approximate surface area is 246 Å². The number of methoxy groups -OCH3 is 2. The van der Waals surface area contributed by atoms with Crippen LogP contribution in [0.5, 0.6) is 0 Å². The van der Waals surface area contributed by atoms with Crippen molar-refractivity contribution in [2.24, 2.45) is 0 Å². The number of nitrogens with zero attached hydrogens (tertiary/aromatic N) is 4. The average Bonchev–Trinajstić information content (AvgIpc) is 3.70. The summed E-state index contributed by atoms with van der Waals surface area (Å²) in [5.74, 6) is -2.39. The van der Waals surface area contributed by atoms with Gasteiger partial charge in [-0.3, -0.25) is 9.59 Å². The van der Waals surface area contributed by atoms with E-state index in [-0.39, 0.29) is 41.0 Å². The first-order chi connectivity index (χ1) is 19.4. The molecular weight excluding hydrogens is 580 g/mol. The van der Waals surface area contributed by atoms with E-state index in [9.17, 15) is 19.2 Å². The number of rotatable bonds is 11. The van der Waals surface area contributed by atoms with Gasteiger partial charge in [-0.2, -0.15) is 0 Å². The molecule has 41 heavy (non-hydrogen) atoms. The fourth-order valence-electron chi connectivity index (χ4n) is 4.12. The Morgan fingerprint density at radius 1 is 0.707 bits per heavy atom. The third-order valence-corrected chi connectivity index (χ3v) is 6.07. The van der Waals surface area contributed by atoms with Crippen LogP contribution in [-0.4, -0.2) is 60.0 Å². The average molecular weight is 606 g/mol. The molecule has 12 nitrogen and oxygen atoms in total. The molecule has 2 aromatic heterocycles. The zero-order valence-corrected chi connectivity index (χ0v) is 23.0. The van der Waals surface area contributed by atoms with Crippen molar-refractivity contribution in [1.29, 1.82) is 0 Å². The SMILES string of the molecule is COC(=O)[C@@H](Cc1c[n-]cn1)NC(=O)c1ccccc1-c1ccccc1C(=O)N[C@H](Cc1c[n-]cn1)C(=O)OC.[Cu+2]. The molecule has 0 saturated heterocycles. The van der Waals surface area contributed by atoms with Crippen LogP contribution in [0.2, 0.25) is 0 Å². The van der Waals surface area contributed by atoms with Gasteiger partial charge in [-0.25, -0.2) is 9.59 Å². The summed E-state index contributed by atoms with van der Waals surface area (Å²) in [5, 5.41) is 5.41. The normalized spacial score (nSPS) is 11.9. The second-order valence-electron chi connectivity index (χ2n) is 8.63. The molecule has 0 bridgehead atoms. The van der Waals surface area contributed by atoms with E-state index in [0.717, 1.165) is 0 Å². The Morgan fingerprint density at radius 3 is 1.44 bits per heavy atom. The Morgan fingerprint density at radius 2 is 1.10 bits per heavy atom. The molecule has 0 saturated carbocycles. The first-order valence-electron chi connectivity index (χ1n) is 12.2. The number of hydrogen-bond acceptors (Lipinski definition) is 8. The van der Waals surface area contributed by atoms with Crippen LogP contribution in [0, 0.1) is 0 Å². The fraction of sp³-hybridized carbons (Fsp3) is 0.214. The van der Waals surface area contributed by atoms with Crippen molar-refractivity contribution in [1.82, 2.24) is 30.6 Å². The Kier molecular flexibility index (Phi) is 11.0. The van der Waals surface area contributed by atoms with Crippen LogP contribution in [-0.2, 0) is 49.0 Å². The van der Waals surface area contributed by atoms with Gasteiger partial charge in [-0.05, 0) is 36.1 Å². The van der Waals surface area contributed by atoms with Gasteiger partial charge in [0.2, 0.25) is 0 Å². The molecule has 0 spiro atoms. The number of hydrogen-bond donors (Lipinski definition) is 2. The molecule has 2 N–H and O–H groups in total. The smallest absolute Gasteiger partial charge is 0.467 e. The standard InChI is InChI=1S/C28H28N6O6.Cu/c1-39-27(37)23(11-17-13-29-15-31-17)33-25(35)21-9-5-3-7-19(21)20-8-4-6-10-22(20)26(36)34-24(28(38)40-2)12-18-14-30-16-32-18;/h3-10,13-16,23-24H,11-12H2,1-2H3,(H4,29,30,31,32,33,34,35,36);/q;+2/p-2/t23-,24-;/m1./s1. The fourth-order valence-corrected chi connectivity index (χ4v) is 4.12. The van der Waals surface area contributed by atoms with E-state index < -0.39 is 35.8 Å². The number of ether oxygens (including phenoxy) is 2. The summed E-state index contributed by atoms with van der Waals surface area (Å²) in [6, 6.07) is 11.3. The molecule has 0 aliphatic rings. The zero-order valence-electron chi connectivity index (χ0n) is 22.0. The van der Waals surface area contributed by atoms with Crippen molar-refractivity contribution < 1.29 is 45.7 Å². The van der Waals surface area contributed by atoms with Gasteiger partial charge in [-0.15, -0.1) is 0 Å². The zero-order chi connectivity index (χ0) is 28.5. The predicted octanol–water partition coefficient (Wildman–Crippen LogP) is 1.08. The minimum absolute atomic E-state index is 0. The van der Waals surface area contributed by atoms with Crippen molar-refractivity contribution in [2.75, 3.05) is 14.2 Å². The molecule has 0 fully saturated rings. The van der Waals surface area contributed by atoms with Crippen LogP contribution in [0.25, 0.3) is 11.1 Å². The van der Waals surface area contributed by atoms with Gasteiger partial charge in [0, 0.05) is 11.1 Å². The van der Waals surface area contributed by atoms with Gasteiger partial charge in [-0.1, -0.05) is 72.8 Å². The first kappa shape index (κ1) is 30.8. The van der Waals surface area contributed by atoms with Gasteiger partial charge in [0.25, 0.3) is 11.8 Å². The van der Waals surface area contributed by atoms with Gasteiger partial charge in [0.1, 0.15) is 12.1 Å². The monoisotopic (exact) mass is 605 g/mol. The molecule has 0 aliphatic heterocycles. The number of esters is 2. The molecule has 215 valence electrons. The minimum atomic E-state index is -1.01. The number of carbonyl (C=O) groups is 4. The minimum Gasteiger partial charge on any atom is -0.467 e. The maximum atomic E-state index is 13.4. The van der Waals surface area contributed by atoms with Crippen molar-refractivity contribution in [3.63, 3.8) is 0 Å². The van der Waals surface area contributed by atoms with Crippen LogP contribution in [0.3, 0.4) is 0 Å². The van der Waals surface area contributed by atoms with E-state index in [2.05, 4.69) is 30.6 Å². The van der Waals surface area contributed by atoms with Crippen molar-refractivity contribution in [3.05, 3.63) is 96.1 Å². The molecule has 4 rings (SSSR count). The molecular formula is C28H26CuN6O6. The molecule has 0 aliphatic carbocycles. The van der Waals surface area contributed by atoms with E-state index >= 15 is 0 Å². The second-order valence-corrected chi connectivity index (χ2v) is 8.63. The van der Waals surface area contributed by atoms with Crippen molar-refractivity contribution in [3.8, 4) is 11.1 Å². The summed E-state index contributed by atoms with van der Waals surface area (Å²) in [7, 11) is 2.46. The van der Waals surface area contributed by atoms with Crippen molar-refractivity contribution >= 4 is 23.8 Å². The number of imidazole rings is 2. The third-order valence-electron chi connectivity index (χ3n) is 6.07. The maximum Gasteiger partial charge on any atom is 2.00 e. The van der Waals surface area contributed by atoms with Crippen LogP contribution in [0.4, 0.5) is 0 Å². The largest absolute Gasteiger partial charge is 2.00 e. The molecule has 4 aromatic rings. The van der Waals surface area contributed by atoms with E-state index in [1.165, 1.54) is 39.3 Å². The van der Waals surface area contributed by atoms with Crippen molar-refractivity contribution in [2.45, 2.75) is 24.9 Å². The number of amides is 2.